The highest BCUT2D eigenvalue weighted by molar-refractivity contribution is 6.13. The van der Waals surface area contributed by atoms with Gasteiger partial charge in [-0.2, -0.15) is 0 Å². The monoisotopic (exact) mass is 338 g/mol. The van der Waals surface area contributed by atoms with Crippen molar-refractivity contribution >= 4 is 23.1 Å². The van der Waals surface area contributed by atoms with E-state index in [1.54, 1.807) is 4.90 Å². The summed E-state index contributed by atoms with van der Waals surface area (Å²) in [5.74, 6) is 0.745. The Kier molecular flexibility index (Phi) is 5.04. The Labute approximate surface area is 149 Å². The van der Waals surface area contributed by atoms with Gasteiger partial charge in [0.05, 0.1) is 16.9 Å². The van der Waals surface area contributed by atoms with Gasteiger partial charge in [-0.15, -0.1) is 0 Å². The zero-order chi connectivity index (χ0) is 18.0. The average molecular weight is 338 g/mol. The van der Waals surface area contributed by atoms with E-state index in [2.05, 4.69) is 29.7 Å². The second kappa shape index (κ2) is 7.23. The van der Waals surface area contributed by atoms with Crippen molar-refractivity contribution in [2.24, 2.45) is 0 Å². The van der Waals surface area contributed by atoms with Gasteiger partial charge in [0.25, 0.3) is 5.91 Å². The van der Waals surface area contributed by atoms with Crippen LogP contribution < -0.4 is 9.80 Å². The highest BCUT2D eigenvalue weighted by Crippen LogP contribution is 2.38. The molecule has 1 amide bonds. The fourth-order valence-corrected chi connectivity index (χ4v) is 3.30. The highest BCUT2D eigenvalue weighted by atomic mass is 16.2. The fourth-order valence-electron chi connectivity index (χ4n) is 3.30. The van der Waals surface area contributed by atoms with E-state index in [9.17, 15) is 4.79 Å². The summed E-state index contributed by atoms with van der Waals surface area (Å²) in [6.45, 7) is 10.1. The molecule has 0 unspecified atom stereocenters. The number of rotatable bonds is 5. The lowest BCUT2D eigenvalue weighted by Gasteiger charge is -2.28. The molecular formula is C20H26N4O. The Morgan fingerprint density at radius 2 is 1.72 bits per heavy atom. The molecule has 5 heteroatoms. The number of fused-ring (bicyclic) bond motifs is 2. The summed E-state index contributed by atoms with van der Waals surface area (Å²) in [4.78, 5) is 24.0. The van der Waals surface area contributed by atoms with Gasteiger partial charge in [0, 0.05) is 25.8 Å². The third-order valence-electron chi connectivity index (χ3n) is 4.87. The largest absolute Gasteiger partial charge is 0.323 e. The molecule has 1 aliphatic rings. The van der Waals surface area contributed by atoms with Gasteiger partial charge in [-0.25, -0.2) is 4.98 Å². The fraction of sp³-hybridized carbons (Fsp3) is 0.400. The molecule has 0 saturated carbocycles. The molecule has 3 rings (SSSR count). The van der Waals surface area contributed by atoms with Crippen LogP contribution in [0.1, 0.15) is 29.9 Å². The number of anilines is 3. The summed E-state index contributed by atoms with van der Waals surface area (Å²) in [6.07, 6.45) is 0. The SMILES string of the molecule is CCN(CC)CCN1c2ccccc2N(C)C(=O)c2ccc(C)nc21. The number of carbonyl (C=O) groups is 1. The Morgan fingerprint density at radius 1 is 1.04 bits per heavy atom. The molecule has 0 N–H and O–H groups in total. The maximum absolute atomic E-state index is 13.0. The first-order valence-electron chi connectivity index (χ1n) is 8.91. The number of benzene rings is 1. The van der Waals surface area contributed by atoms with Crippen molar-refractivity contribution in [3.63, 3.8) is 0 Å². The maximum Gasteiger partial charge on any atom is 0.261 e. The van der Waals surface area contributed by atoms with E-state index in [1.807, 2.05) is 44.3 Å². The predicted molar refractivity (Wildman–Crippen MR) is 103 cm³/mol. The summed E-state index contributed by atoms with van der Waals surface area (Å²) in [5.41, 5.74) is 3.52. The molecule has 0 saturated heterocycles. The number of amides is 1. The van der Waals surface area contributed by atoms with E-state index in [1.165, 1.54) is 0 Å². The predicted octanol–water partition coefficient (Wildman–Crippen LogP) is 3.46. The molecule has 2 heterocycles. The molecule has 0 bridgehead atoms. The molecule has 1 aromatic heterocycles. The number of likely N-dealkylation sites (N-methyl/N-ethyl adjacent to an activating group) is 1. The van der Waals surface area contributed by atoms with Crippen molar-refractivity contribution in [2.75, 3.05) is 43.0 Å². The quantitative estimate of drug-likeness (QED) is 0.837. The Bertz CT molecular complexity index is 770. The zero-order valence-electron chi connectivity index (χ0n) is 15.5. The summed E-state index contributed by atoms with van der Waals surface area (Å²) >= 11 is 0. The van der Waals surface area contributed by atoms with Crippen LogP contribution in [0.2, 0.25) is 0 Å². The van der Waals surface area contributed by atoms with Crippen molar-refractivity contribution in [3.05, 3.63) is 47.7 Å². The normalized spacial score (nSPS) is 13.7. The van der Waals surface area contributed by atoms with Crippen molar-refractivity contribution in [2.45, 2.75) is 20.8 Å². The first kappa shape index (κ1) is 17.4. The summed E-state index contributed by atoms with van der Waals surface area (Å²) < 4.78 is 0. The van der Waals surface area contributed by atoms with Gasteiger partial charge in [-0.3, -0.25) is 4.79 Å². The minimum atomic E-state index is -0.0136. The zero-order valence-corrected chi connectivity index (χ0v) is 15.5. The van der Waals surface area contributed by atoms with Gasteiger partial charge in [-0.1, -0.05) is 26.0 Å². The van der Waals surface area contributed by atoms with Crippen LogP contribution in [0.5, 0.6) is 0 Å². The minimum absolute atomic E-state index is 0.0136. The Balaban J connectivity index is 2.11. The van der Waals surface area contributed by atoms with Crippen LogP contribution in [0.3, 0.4) is 0 Å². The molecule has 132 valence electrons. The number of aryl methyl sites for hydroxylation is 1. The first-order chi connectivity index (χ1) is 12.1. The topological polar surface area (TPSA) is 39.7 Å². The minimum Gasteiger partial charge on any atom is -0.323 e. The lowest BCUT2D eigenvalue weighted by molar-refractivity contribution is 0.0994. The maximum atomic E-state index is 13.0. The molecule has 0 spiro atoms. The number of aromatic nitrogens is 1. The van der Waals surface area contributed by atoms with Gasteiger partial charge >= 0.3 is 0 Å². The van der Waals surface area contributed by atoms with Gasteiger partial charge in [-0.05, 0) is 44.3 Å². The summed E-state index contributed by atoms with van der Waals surface area (Å²) in [6, 6.07) is 11.9. The third-order valence-corrected chi connectivity index (χ3v) is 4.87. The molecule has 2 aromatic rings. The van der Waals surface area contributed by atoms with E-state index < -0.39 is 0 Å². The molecule has 25 heavy (non-hydrogen) atoms. The smallest absolute Gasteiger partial charge is 0.261 e. The van der Waals surface area contributed by atoms with Crippen LogP contribution in [0.15, 0.2) is 36.4 Å². The van der Waals surface area contributed by atoms with Gasteiger partial charge in [0.2, 0.25) is 0 Å². The van der Waals surface area contributed by atoms with Crippen molar-refractivity contribution in [3.8, 4) is 0 Å². The van der Waals surface area contributed by atoms with Gasteiger partial charge in [0.1, 0.15) is 5.82 Å². The number of para-hydroxylation sites is 2. The standard InChI is InChI=1S/C20H26N4O/c1-5-23(6-2)13-14-24-18-10-8-7-9-17(18)22(4)20(25)16-12-11-15(3)21-19(16)24/h7-12H,5-6,13-14H2,1-4H3. The van der Waals surface area contributed by atoms with Crippen LogP contribution in [0.4, 0.5) is 17.2 Å². The van der Waals surface area contributed by atoms with E-state index in [-0.39, 0.29) is 5.91 Å². The number of carbonyl (C=O) groups excluding carboxylic acids is 1. The molecular weight excluding hydrogens is 312 g/mol. The van der Waals surface area contributed by atoms with Crippen LogP contribution in [0.25, 0.3) is 0 Å². The lowest BCUT2D eigenvalue weighted by atomic mass is 10.2. The number of nitrogens with zero attached hydrogens (tertiary/aromatic N) is 4. The molecule has 0 aliphatic carbocycles. The van der Waals surface area contributed by atoms with E-state index in [4.69, 9.17) is 4.98 Å². The molecule has 1 aliphatic heterocycles. The summed E-state index contributed by atoms with van der Waals surface area (Å²) in [5, 5.41) is 0. The number of pyridine rings is 1. The Hall–Kier alpha value is -2.40. The highest BCUT2D eigenvalue weighted by Gasteiger charge is 2.29. The van der Waals surface area contributed by atoms with Crippen molar-refractivity contribution < 1.29 is 4.79 Å². The van der Waals surface area contributed by atoms with Crippen LogP contribution in [-0.2, 0) is 0 Å². The van der Waals surface area contributed by atoms with Crippen LogP contribution >= 0.6 is 0 Å². The molecule has 1 aromatic carbocycles. The summed E-state index contributed by atoms with van der Waals surface area (Å²) in [7, 11) is 1.83. The van der Waals surface area contributed by atoms with Crippen molar-refractivity contribution in [1.82, 2.24) is 9.88 Å². The molecule has 0 atom stereocenters. The van der Waals surface area contributed by atoms with Gasteiger partial charge < -0.3 is 14.7 Å². The first-order valence-corrected chi connectivity index (χ1v) is 8.91. The third kappa shape index (κ3) is 3.24. The molecule has 5 nitrogen and oxygen atoms in total. The van der Waals surface area contributed by atoms with E-state index in [0.717, 1.165) is 49.1 Å². The van der Waals surface area contributed by atoms with Gasteiger partial charge in [0.15, 0.2) is 0 Å². The molecule has 0 fully saturated rings. The second-order valence-corrected chi connectivity index (χ2v) is 6.36. The number of hydrogen-bond donors (Lipinski definition) is 0. The Morgan fingerprint density at radius 3 is 2.40 bits per heavy atom. The van der Waals surface area contributed by atoms with Crippen LogP contribution in [0, 0.1) is 6.92 Å². The van der Waals surface area contributed by atoms with Crippen LogP contribution in [-0.4, -0.2) is 49.0 Å². The van der Waals surface area contributed by atoms with Crippen molar-refractivity contribution in [1.29, 1.82) is 0 Å². The molecule has 0 radical (unpaired) electrons. The van der Waals surface area contributed by atoms with E-state index >= 15 is 0 Å². The van der Waals surface area contributed by atoms with E-state index in [0.29, 0.717) is 5.56 Å². The second-order valence-electron chi connectivity index (χ2n) is 6.36. The average Bonchev–Trinajstić information content (AvgIpc) is 2.71. The number of hydrogen-bond acceptors (Lipinski definition) is 4. The lowest BCUT2D eigenvalue weighted by Crippen LogP contribution is -2.33.